The minimum Gasteiger partial charge on any atom is -0.496 e. The van der Waals surface area contributed by atoms with Gasteiger partial charge in [-0.15, -0.1) is 0 Å². The van der Waals surface area contributed by atoms with Gasteiger partial charge in [-0.05, 0) is 45.5 Å². The highest BCUT2D eigenvalue weighted by atomic mass is 79.9. The Morgan fingerprint density at radius 1 is 1.39 bits per heavy atom. The third-order valence-corrected chi connectivity index (χ3v) is 3.77. The van der Waals surface area contributed by atoms with Crippen LogP contribution in [0.25, 0.3) is 0 Å². The van der Waals surface area contributed by atoms with Crippen molar-refractivity contribution in [3.05, 3.63) is 28.2 Å². The number of aliphatic hydroxyl groups is 1. The second-order valence-electron chi connectivity index (χ2n) is 5.62. The van der Waals surface area contributed by atoms with E-state index in [-0.39, 0.29) is 11.5 Å². The van der Waals surface area contributed by atoms with Crippen LogP contribution >= 0.6 is 15.9 Å². The van der Waals surface area contributed by atoms with Crippen LogP contribution in [0.15, 0.2) is 22.7 Å². The molecular formula is C14H22BrNO2. The van der Waals surface area contributed by atoms with Gasteiger partial charge in [0.1, 0.15) is 5.75 Å². The van der Waals surface area contributed by atoms with Gasteiger partial charge in [-0.2, -0.15) is 0 Å². The predicted molar refractivity (Wildman–Crippen MR) is 77.7 cm³/mol. The maximum atomic E-state index is 10.2. The predicted octanol–water partition coefficient (Wildman–Crippen LogP) is 3.25. The molecule has 2 atom stereocenters. The van der Waals surface area contributed by atoms with Crippen LogP contribution in [0.2, 0.25) is 0 Å². The second kappa shape index (κ2) is 6.04. The minimum atomic E-state index is -0.554. The summed E-state index contributed by atoms with van der Waals surface area (Å²) in [5, 5.41) is 10.2. The molecule has 0 saturated carbocycles. The lowest BCUT2D eigenvalue weighted by Gasteiger charge is -2.29. The summed E-state index contributed by atoms with van der Waals surface area (Å²) in [5.74, 6) is 0.756. The molecule has 3 N–H and O–H groups in total. The number of rotatable bonds is 4. The molecule has 4 heteroatoms. The molecule has 0 amide bonds. The molecule has 0 radical (unpaired) electrons. The molecule has 3 nitrogen and oxygen atoms in total. The third kappa shape index (κ3) is 3.97. The van der Waals surface area contributed by atoms with E-state index >= 15 is 0 Å². The van der Waals surface area contributed by atoms with Gasteiger partial charge >= 0.3 is 0 Å². The molecule has 0 spiro atoms. The van der Waals surface area contributed by atoms with E-state index in [2.05, 4.69) is 36.7 Å². The fraction of sp³-hybridized carbons (Fsp3) is 0.571. The van der Waals surface area contributed by atoms with Crippen molar-refractivity contribution in [1.29, 1.82) is 0 Å². The number of methoxy groups -OCH3 is 1. The van der Waals surface area contributed by atoms with Gasteiger partial charge in [0, 0.05) is 6.04 Å². The van der Waals surface area contributed by atoms with Gasteiger partial charge in [0.05, 0.1) is 17.7 Å². The molecule has 0 saturated heterocycles. The zero-order valence-electron chi connectivity index (χ0n) is 11.4. The summed E-state index contributed by atoms with van der Waals surface area (Å²) >= 11 is 3.41. The normalized spacial score (nSPS) is 15.3. The molecule has 102 valence electrons. The Hall–Kier alpha value is -0.580. The Morgan fingerprint density at radius 3 is 2.44 bits per heavy atom. The lowest BCUT2D eigenvalue weighted by atomic mass is 9.83. The summed E-state index contributed by atoms with van der Waals surface area (Å²) in [6.45, 7) is 6.23. The number of nitrogens with two attached hydrogens (primary N) is 1. The van der Waals surface area contributed by atoms with E-state index in [9.17, 15) is 5.11 Å². The van der Waals surface area contributed by atoms with E-state index in [1.165, 1.54) is 0 Å². The highest BCUT2D eigenvalue weighted by molar-refractivity contribution is 9.10. The average molecular weight is 316 g/mol. The standard InChI is InChI=1S/C14H22BrNO2/c1-14(2,3)13(16)8-11(17)9-5-6-12(18-4)10(15)7-9/h5-7,11,13,17H,8,16H2,1-4H3/t11-,13+/m1/s1. The quantitative estimate of drug-likeness (QED) is 0.896. The van der Waals surface area contributed by atoms with E-state index in [4.69, 9.17) is 10.5 Å². The van der Waals surface area contributed by atoms with E-state index in [1.54, 1.807) is 7.11 Å². The van der Waals surface area contributed by atoms with Crippen LogP contribution in [0.4, 0.5) is 0 Å². The lowest BCUT2D eigenvalue weighted by Crippen LogP contribution is -2.36. The smallest absolute Gasteiger partial charge is 0.133 e. The molecule has 1 rings (SSSR count). The number of benzene rings is 1. The van der Waals surface area contributed by atoms with E-state index in [0.29, 0.717) is 6.42 Å². The molecule has 0 aliphatic rings. The van der Waals surface area contributed by atoms with Crippen LogP contribution in [0.1, 0.15) is 38.9 Å². The zero-order chi connectivity index (χ0) is 13.9. The Balaban J connectivity index is 2.79. The SMILES string of the molecule is COc1ccc([C@H](O)C[C@H](N)C(C)(C)C)cc1Br. The lowest BCUT2D eigenvalue weighted by molar-refractivity contribution is 0.133. The first-order chi connectivity index (χ1) is 8.25. The van der Waals surface area contributed by atoms with Gasteiger partial charge in [-0.3, -0.25) is 0 Å². The maximum absolute atomic E-state index is 10.2. The first-order valence-corrected chi connectivity index (χ1v) is 6.82. The Labute approximate surface area is 117 Å². The van der Waals surface area contributed by atoms with Gasteiger partial charge < -0.3 is 15.6 Å². The van der Waals surface area contributed by atoms with Crippen molar-refractivity contribution >= 4 is 15.9 Å². The van der Waals surface area contributed by atoms with Crippen LogP contribution in [-0.2, 0) is 0 Å². The number of aliphatic hydroxyl groups excluding tert-OH is 1. The topological polar surface area (TPSA) is 55.5 Å². The fourth-order valence-corrected chi connectivity index (χ4v) is 2.18. The second-order valence-corrected chi connectivity index (χ2v) is 6.47. The summed E-state index contributed by atoms with van der Waals surface area (Å²) in [7, 11) is 1.62. The summed E-state index contributed by atoms with van der Waals surface area (Å²) in [6, 6.07) is 5.53. The van der Waals surface area contributed by atoms with Crippen molar-refractivity contribution in [3.63, 3.8) is 0 Å². The molecule has 0 unspecified atom stereocenters. The van der Waals surface area contributed by atoms with Crippen molar-refractivity contribution in [1.82, 2.24) is 0 Å². The first-order valence-electron chi connectivity index (χ1n) is 6.02. The number of hydrogen-bond acceptors (Lipinski definition) is 3. The van der Waals surface area contributed by atoms with E-state index < -0.39 is 6.10 Å². The molecule has 18 heavy (non-hydrogen) atoms. The highest BCUT2D eigenvalue weighted by Crippen LogP contribution is 2.31. The molecular weight excluding hydrogens is 294 g/mol. The number of ether oxygens (including phenoxy) is 1. The largest absolute Gasteiger partial charge is 0.496 e. The molecule has 0 aromatic heterocycles. The van der Waals surface area contributed by atoms with Gasteiger partial charge in [0.15, 0.2) is 0 Å². The van der Waals surface area contributed by atoms with Crippen LogP contribution < -0.4 is 10.5 Å². The Kier molecular flexibility index (Phi) is 5.20. The highest BCUT2D eigenvalue weighted by Gasteiger charge is 2.24. The van der Waals surface area contributed by atoms with E-state index in [0.717, 1.165) is 15.8 Å². The number of hydrogen-bond donors (Lipinski definition) is 2. The summed E-state index contributed by atoms with van der Waals surface area (Å²) in [5.41, 5.74) is 6.93. The van der Waals surface area contributed by atoms with Gasteiger partial charge in [0.2, 0.25) is 0 Å². The monoisotopic (exact) mass is 315 g/mol. The molecule has 0 aliphatic carbocycles. The van der Waals surface area contributed by atoms with Crippen LogP contribution in [0.5, 0.6) is 5.75 Å². The Bertz CT molecular complexity index is 401. The Morgan fingerprint density at radius 2 is 2.00 bits per heavy atom. The summed E-state index contributed by atoms with van der Waals surface area (Å²) < 4.78 is 6.00. The van der Waals surface area contributed by atoms with Crippen molar-refractivity contribution in [2.45, 2.75) is 39.3 Å². The molecule has 1 aromatic rings. The van der Waals surface area contributed by atoms with Crippen LogP contribution in [0.3, 0.4) is 0 Å². The van der Waals surface area contributed by atoms with Crippen molar-refractivity contribution in [3.8, 4) is 5.75 Å². The average Bonchev–Trinajstić information content (AvgIpc) is 2.27. The zero-order valence-corrected chi connectivity index (χ0v) is 13.0. The van der Waals surface area contributed by atoms with Crippen LogP contribution in [-0.4, -0.2) is 18.3 Å². The molecule has 0 heterocycles. The van der Waals surface area contributed by atoms with E-state index in [1.807, 2.05) is 18.2 Å². The summed E-state index contributed by atoms with van der Waals surface area (Å²) in [6.07, 6.45) is -0.0103. The molecule has 1 aromatic carbocycles. The van der Waals surface area contributed by atoms with Gasteiger partial charge in [0.25, 0.3) is 0 Å². The molecule has 0 aliphatic heterocycles. The molecule has 0 bridgehead atoms. The van der Waals surface area contributed by atoms with Crippen molar-refractivity contribution in [2.75, 3.05) is 7.11 Å². The number of halogens is 1. The minimum absolute atomic E-state index is 0.00924. The van der Waals surface area contributed by atoms with Crippen LogP contribution in [0, 0.1) is 5.41 Å². The third-order valence-electron chi connectivity index (χ3n) is 3.15. The fourth-order valence-electron chi connectivity index (χ4n) is 1.62. The van der Waals surface area contributed by atoms with Gasteiger partial charge in [-0.25, -0.2) is 0 Å². The van der Waals surface area contributed by atoms with Crippen molar-refractivity contribution < 1.29 is 9.84 Å². The van der Waals surface area contributed by atoms with Gasteiger partial charge in [-0.1, -0.05) is 26.8 Å². The first kappa shape index (κ1) is 15.5. The molecule has 0 fully saturated rings. The van der Waals surface area contributed by atoms with Crippen molar-refractivity contribution in [2.24, 2.45) is 11.1 Å². The maximum Gasteiger partial charge on any atom is 0.133 e. The summed E-state index contributed by atoms with van der Waals surface area (Å²) in [4.78, 5) is 0.